The Morgan fingerprint density at radius 1 is 0.917 bits per heavy atom. The van der Waals surface area contributed by atoms with Crippen LogP contribution in [0.15, 0.2) is 73.1 Å². The summed E-state index contributed by atoms with van der Waals surface area (Å²) in [5.41, 5.74) is 2.52. The van der Waals surface area contributed by atoms with Gasteiger partial charge in [-0.25, -0.2) is 14.8 Å². The van der Waals surface area contributed by atoms with E-state index in [0.29, 0.717) is 11.5 Å². The number of ether oxygens (including phenoxy) is 1. The minimum atomic E-state index is -0.454. The summed E-state index contributed by atoms with van der Waals surface area (Å²) in [6.07, 6.45) is 2.91. The molecule has 0 radical (unpaired) electrons. The summed E-state index contributed by atoms with van der Waals surface area (Å²) in [6, 6.07) is 20.0. The van der Waals surface area contributed by atoms with Gasteiger partial charge in [0.25, 0.3) is 0 Å². The molecule has 24 heavy (non-hydrogen) atoms. The number of methoxy groups -OCH3 is 1. The molecule has 0 amide bonds. The Balaban J connectivity index is 1.89. The van der Waals surface area contributed by atoms with Gasteiger partial charge in [0, 0.05) is 12.4 Å². The maximum absolute atomic E-state index is 11.5. The van der Waals surface area contributed by atoms with Crippen molar-refractivity contribution in [3.8, 4) is 0 Å². The predicted octanol–water partition coefficient (Wildman–Crippen LogP) is 3.46. The lowest BCUT2D eigenvalue weighted by molar-refractivity contribution is 0.0600. The maximum atomic E-state index is 11.5. The summed E-state index contributed by atoms with van der Waals surface area (Å²) in [4.78, 5) is 19.9. The van der Waals surface area contributed by atoms with Gasteiger partial charge in [-0.2, -0.15) is 0 Å². The van der Waals surface area contributed by atoms with Crippen molar-refractivity contribution in [1.29, 1.82) is 0 Å². The molecule has 0 aliphatic rings. The summed E-state index contributed by atoms with van der Waals surface area (Å²) in [6.45, 7) is 0. The van der Waals surface area contributed by atoms with Gasteiger partial charge in [0.2, 0.25) is 5.95 Å². The lowest BCUT2D eigenvalue weighted by atomic mass is 9.99. The molecule has 3 rings (SSSR count). The van der Waals surface area contributed by atoms with E-state index < -0.39 is 5.97 Å². The van der Waals surface area contributed by atoms with Crippen molar-refractivity contribution in [3.63, 3.8) is 0 Å². The number of rotatable bonds is 5. The number of esters is 1. The van der Waals surface area contributed by atoms with Gasteiger partial charge < -0.3 is 10.1 Å². The molecule has 0 bridgehead atoms. The third kappa shape index (κ3) is 3.57. The molecule has 2 aromatic carbocycles. The van der Waals surface area contributed by atoms with Crippen molar-refractivity contribution in [1.82, 2.24) is 9.97 Å². The summed E-state index contributed by atoms with van der Waals surface area (Å²) in [7, 11) is 1.33. The fourth-order valence-corrected chi connectivity index (χ4v) is 2.41. The number of benzene rings is 2. The molecule has 5 nitrogen and oxygen atoms in total. The van der Waals surface area contributed by atoms with Crippen LogP contribution in [0, 0.1) is 0 Å². The highest BCUT2D eigenvalue weighted by molar-refractivity contribution is 5.88. The molecule has 120 valence electrons. The van der Waals surface area contributed by atoms with Crippen LogP contribution in [0.2, 0.25) is 0 Å². The van der Waals surface area contributed by atoms with Gasteiger partial charge in [-0.15, -0.1) is 0 Å². The van der Waals surface area contributed by atoms with E-state index >= 15 is 0 Å². The number of hydrogen-bond acceptors (Lipinski definition) is 5. The van der Waals surface area contributed by atoms with Crippen LogP contribution in [0.4, 0.5) is 5.95 Å². The average molecular weight is 319 g/mol. The number of hydrogen-bond donors (Lipinski definition) is 1. The van der Waals surface area contributed by atoms with E-state index in [1.54, 1.807) is 0 Å². The summed E-state index contributed by atoms with van der Waals surface area (Å²) < 4.78 is 4.66. The zero-order chi connectivity index (χ0) is 16.8. The highest BCUT2D eigenvalue weighted by Gasteiger charge is 2.15. The Bertz CT molecular complexity index is 750. The number of nitrogens with one attached hydrogen (secondary N) is 1. The lowest BCUT2D eigenvalue weighted by Gasteiger charge is -2.19. The van der Waals surface area contributed by atoms with Gasteiger partial charge in [-0.1, -0.05) is 60.7 Å². The first kappa shape index (κ1) is 15.7. The molecule has 1 heterocycles. The Morgan fingerprint density at radius 3 is 1.88 bits per heavy atom. The molecule has 5 heteroatoms. The molecule has 0 saturated carbocycles. The molecule has 1 aromatic heterocycles. The molecule has 0 fully saturated rings. The number of anilines is 1. The highest BCUT2D eigenvalue weighted by atomic mass is 16.5. The van der Waals surface area contributed by atoms with Gasteiger partial charge in [0.1, 0.15) is 0 Å². The Hall–Kier alpha value is -3.21. The van der Waals surface area contributed by atoms with Crippen LogP contribution in [0.5, 0.6) is 0 Å². The van der Waals surface area contributed by atoms with Crippen molar-refractivity contribution in [2.45, 2.75) is 6.04 Å². The van der Waals surface area contributed by atoms with Crippen LogP contribution in [-0.2, 0) is 4.74 Å². The summed E-state index contributed by atoms with van der Waals surface area (Å²) in [5.74, 6) is -0.00965. The first-order valence-electron chi connectivity index (χ1n) is 7.54. The van der Waals surface area contributed by atoms with E-state index in [4.69, 9.17) is 0 Å². The third-order valence-electron chi connectivity index (χ3n) is 3.61. The van der Waals surface area contributed by atoms with E-state index in [2.05, 4.69) is 20.0 Å². The minimum Gasteiger partial charge on any atom is -0.465 e. The van der Waals surface area contributed by atoms with Crippen molar-refractivity contribution in [2.24, 2.45) is 0 Å². The maximum Gasteiger partial charge on any atom is 0.341 e. The second kappa shape index (κ2) is 7.37. The number of nitrogens with zero attached hydrogens (tertiary/aromatic N) is 2. The van der Waals surface area contributed by atoms with E-state index in [1.807, 2.05) is 60.7 Å². The largest absolute Gasteiger partial charge is 0.465 e. The average Bonchev–Trinajstić information content (AvgIpc) is 2.67. The van der Waals surface area contributed by atoms with Crippen molar-refractivity contribution >= 4 is 11.9 Å². The first-order valence-corrected chi connectivity index (χ1v) is 7.54. The van der Waals surface area contributed by atoms with Crippen molar-refractivity contribution < 1.29 is 9.53 Å². The molecular weight excluding hydrogens is 302 g/mol. The number of aromatic nitrogens is 2. The molecule has 0 aliphatic heterocycles. The zero-order valence-corrected chi connectivity index (χ0v) is 13.2. The second-order valence-corrected chi connectivity index (χ2v) is 5.19. The summed E-state index contributed by atoms with van der Waals surface area (Å²) >= 11 is 0. The van der Waals surface area contributed by atoms with E-state index in [9.17, 15) is 4.79 Å². The van der Waals surface area contributed by atoms with Crippen LogP contribution in [0.3, 0.4) is 0 Å². The van der Waals surface area contributed by atoms with Crippen molar-refractivity contribution in [3.05, 3.63) is 89.7 Å². The molecule has 0 aliphatic carbocycles. The Morgan fingerprint density at radius 2 is 1.42 bits per heavy atom. The fourth-order valence-electron chi connectivity index (χ4n) is 2.41. The Labute approximate surface area is 140 Å². The molecule has 1 N–H and O–H groups in total. The van der Waals surface area contributed by atoms with Gasteiger partial charge in [-0.05, 0) is 11.1 Å². The molecule has 0 spiro atoms. The highest BCUT2D eigenvalue weighted by Crippen LogP contribution is 2.25. The minimum absolute atomic E-state index is 0.0867. The second-order valence-electron chi connectivity index (χ2n) is 5.19. The molecule has 3 aromatic rings. The van der Waals surface area contributed by atoms with Crippen LogP contribution in [0.25, 0.3) is 0 Å². The van der Waals surface area contributed by atoms with Gasteiger partial charge in [0.05, 0.1) is 18.7 Å². The summed E-state index contributed by atoms with van der Waals surface area (Å²) in [5, 5.41) is 3.32. The van der Waals surface area contributed by atoms with Gasteiger partial charge in [0.15, 0.2) is 0 Å². The Kier molecular flexibility index (Phi) is 4.81. The topological polar surface area (TPSA) is 64.1 Å². The van der Waals surface area contributed by atoms with E-state index in [0.717, 1.165) is 11.1 Å². The fraction of sp³-hybridized carbons (Fsp3) is 0.105. The smallest absolute Gasteiger partial charge is 0.341 e. The number of carbonyl (C=O) groups is 1. The standard InChI is InChI=1S/C19H17N3O2/c1-24-18(23)16-12-20-19(21-13-16)22-17(14-8-4-2-5-9-14)15-10-6-3-7-11-15/h2-13,17H,1H3,(H,20,21,22). The van der Waals surface area contributed by atoms with Crippen LogP contribution < -0.4 is 5.32 Å². The SMILES string of the molecule is COC(=O)c1cnc(NC(c2ccccc2)c2ccccc2)nc1. The van der Waals surface area contributed by atoms with E-state index in [1.165, 1.54) is 19.5 Å². The predicted molar refractivity (Wildman–Crippen MR) is 91.7 cm³/mol. The number of carbonyl (C=O) groups excluding carboxylic acids is 1. The quantitative estimate of drug-likeness (QED) is 0.730. The monoisotopic (exact) mass is 319 g/mol. The van der Waals surface area contributed by atoms with Gasteiger partial charge >= 0.3 is 5.97 Å². The zero-order valence-electron chi connectivity index (χ0n) is 13.2. The van der Waals surface area contributed by atoms with Crippen molar-refractivity contribution in [2.75, 3.05) is 12.4 Å². The first-order chi connectivity index (χ1) is 11.8. The van der Waals surface area contributed by atoms with E-state index in [-0.39, 0.29) is 6.04 Å². The molecule has 0 saturated heterocycles. The van der Waals surface area contributed by atoms with Gasteiger partial charge in [-0.3, -0.25) is 0 Å². The van der Waals surface area contributed by atoms with Crippen LogP contribution in [-0.4, -0.2) is 23.0 Å². The third-order valence-corrected chi connectivity index (χ3v) is 3.61. The molecule has 0 unspecified atom stereocenters. The molecular formula is C19H17N3O2. The van der Waals surface area contributed by atoms with Crippen LogP contribution >= 0.6 is 0 Å². The van der Waals surface area contributed by atoms with Crippen LogP contribution in [0.1, 0.15) is 27.5 Å². The lowest BCUT2D eigenvalue weighted by Crippen LogP contribution is -2.14. The molecule has 0 atom stereocenters. The normalized spacial score (nSPS) is 10.4.